The number of carboxylic acid groups (broad SMARTS) is 1. The minimum absolute atomic E-state index is 0.0857. The predicted octanol–water partition coefficient (Wildman–Crippen LogP) is 5.18. The maximum atomic E-state index is 11.2. The van der Waals surface area contributed by atoms with Gasteiger partial charge in [0.05, 0.1) is 5.41 Å². The molecule has 1 atom stereocenters. The van der Waals surface area contributed by atoms with Crippen LogP contribution in [0.15, 0.2) is 91.0 Å². The van der Waals surface area contributed by atoms with Gasteiger partial charge < -0.3 is 5.11 Å². The van der Waals surface area contributed by atoms with Crippen LogP contribution in [0.1, 0.15) is 29.5 Å². The second-order valence-corrected chi connectivity index (χ2v) is 6.98. The lowest BCUT2D eigenvalue weighted by Crippen LogP contribution is -2.39. The highest BCUT2D eigenvalue weighted by atomic mass is 32.1. The van der Waals surface area contributed by atoms with Crippen LogP contribution in [0.3, 0.4) is 0 Å². The Labute approximate surface area is 159 Å². The Hall–Kier alpha value is -2.52. The Bertz CT molecular complexity index is 735. The van der Waals surface area contributed by atoms with Crippen molar-refractivity contribution in [1.82, 2.24) is 0 Å². The van der Waals surface area contributed by atoms with Crippen LogP contribution in [0.25, 0.3) is 0 Å². The highest BCUT2D eigenvalue weighted by Gasteiger charge is 2.41. The quantitative estimate of drug-likeness (QED) is 0.449. The molecule has 0 fully saturated rings. The summed E-state index contributed by atoms with van der Waals surface area (Å²) in [6, 6.07) is 30.7. The van der Waals surface area contributed by atoms with Crippen molar-refractivity contribution in [3.63, 3.8) is 0 Å². The van der Waals surface area contributed by atoms with Crippen molar-refractivity contribution < 1.29 is 9.90 Å². The van der Waals surface area contributed by atoms with E-state index in [2.05, 4.69) is 36.4 Å². The van der Waals surface area contributed by atoms with E-state index < -0.39 is 11.4 Å². The molecule has 0 heterocycles. The third kappa shape index (κ3) is 3.54. The van der Waals surface area contributed by atoms with Crippen LogP contribution in [0.2, 0.25) is 0 Å². The number of benzene rings is 3. The Morgan fingerprint density at radius 2 is 1.12 bits per heavy atom. The van der Waals surface area contributed by atoms with Gasteiger partial charge in [-0.15, -0.1) is 0 Å². The van der Waals surface area contributed by atoms with Gasteiger partial charge in [-0.25, -0.2) is 0 Å². The van der Waals surface area contributed by atoms with E-state index in [4.69, 9.17) is 12.6 Å². The van der Waals surface area contributed by atoms with Crippen LogP contribution < -0.4 is 0 Å². The molecule has 1 unspecified atom stereocenters. The van der Waals surface area contributed by atoms with E-state index in [0.717, 1.165) is 16.7 Å². The van der Waals surface area contributed by atoms with Crippen molar-refractivity contribution >= 4 is 18.6 Å². The lowest BCUT2D eigenvalue weighted by Gasteiger charge is -2.40. The smallest absolute Gasteiger partial charge is 0.303 e. The molecule has 1 N–H and O–H groups in total. The van der Waals surface area contributed by atoms with Crippen molar-refractivity contribution in [3.05, 3.63) is 108 Å². The molecular formula is C23H22O2S. The van der Waals surface area contributed by atoms with Gasteiger partial charge in [0.1, 0.15) is 0 Å². The minimum Gasteiger partial charge on any atom is -0.481 e. The fourth-order valence-corrected chi connectivity index (χ4v) is 4.23. The topological polar surface area (TPSA) is 37.3 Å². The monoisotopic (exact) mass is 362 g/mol. The number of carbonyl (C=O) groups is 1. The molecule has 0 spiro atoms. The Morgan fingerprint density at radius 1 is 0.769 bits per heavy atom. The summed E-state index contributed by atoms with van der Waals surface area (Å²) in [5.74, 6) is -0.799. The standard InChI is InChI=1S/C23H22O2S/c24-22(25)17-16-21(26)23(18-10-4-1-5-11-18,19-12-6-2-7-13-19)20-14-8-3-9-15-20/h1-15,21,26H,16-17H2,(H,24,25). The van der Waals surface area contributed by atoms with Gasteiger partial charge in [0, 0.05) is 11.7 Å². The first kappa shape index (κ1) is 18.3. The lowest BCUT2D eigenvalue weighted by molar-refractivity contribution is -0.137. The maximum absolute atomic E-state index is 11.2. The zero-order valence-electron chi connectivity index (χ0n) is 14.5. The van der Waals surface area contributed by atoms with E-state index in [1.807, 2.05) is 54.6 Å². The molecule has 0 aliphatic rings. The van der Waals surface area contributed by atoms with Crippen molar-refractivity contribution in [2.24, 2.45) is 0 Å². The van der Waals surface area contributed by atoms with E-state index in [0.29, 0.717) is 6.42 Å². The molecular weight excluding hydrogens is 340 g/mol. The molecule has 0 radical (unpaired) electrons. The maximum Gasteiger partial charge on any atom is 0.303 e. The summed E-state index contributed by atoms with van der Waals surface area (Å²) in [7, 11) is 0. The van der Waals surface area contributed by atoms with Gasteiger partial charge in [-0.1, -0.05) is 91.0 Å². The van der Waals surface area contributed by atoms with Gasteiger partial charge in [-0.2, -0.15) is 12.6 Å². The summed E-state index contributed by atoms with van der Waals surface area (Å²) in [4.78, 5) is 11.2. The zero-order chi connectivity index (χ0) is 18.4. The third-order valence-electron chi connectivity index (χ3n) is 4.82. The summed E-state index contributed by atoms with van der Waals surface area (Å²) >= 11 is 4.96. The molecule has 3 aromatic carbocycles. The summed E-state index contributed by atoms with van der Waals surface area (Å²) in [6.07, 6.45) is 0.555. The third-order valence-corrected chi connectivity index (χ3v) is 5.46. The largest absolute Gasteiger partial charge is 0.481 e. The Kier molecular flexibility index (Phi) is 5.79. The predicted molar refractivity (Wildman–Crippen MR) is 109 cm³/mol. The number of thiol groups is 1. The molecule has 0 saturated heterocycles. The number of aliphatic carboxylic acids is 1. The number of rotatable bonds is 7. The fourth-order valence-electron chi connectivity index (χ4n) is 3.66. The second-order valence-electron chi connectivity index (χ2n) is 6.35. The lowest BCUT2D eigenvalue weighted by atomic mass is 9.66. The number of hydrogen-bond acceptors (Lipinski definition) is 2. The molecule has 132 valence electrons. The molecule has 26 heavy (non-hydrogen) atoms. The summed E-state index contributed by atoms with van der Waals surface area (Å²) in [6.45, 7) is 0. The van der Waals surface area contributed by atoms with Crippen LogP contribution in [0.4, 0.5) is 0 Å². The van der Waals surface area contributed by atoms with Gasteiger partial charge in [-0.3, -0.25) is 4.79 Å². The van der Waals surface area contributed by atoms with Crippen molar-refractivity contribution in [2.45, 2.75) is 23.5 Å². The average molecular weight is 362 g/mol. The van der Waals surface area contributed by atoms with Crippen LogP contribution >= 0.6 is 12.6 Å². The molecule has 3 rings (SSSR count). The minimum atomic E-state index is -0.799. The normalized spacial score (nSPS) is 12.5. The zero-order valence-corrected chi connectivity index (χ0v) is 15.3. The Balaban J connectivity index is 2.26. The molecule has 2 nitrogen and oxygen atoms in total. The fraction of sp³-hybridized carbons (Fsp3) is 0.174. The van der Waals surface area contributed by atoms with E-state index in [9.17, 15) is 9.90 Å². The first-order valence-corrected chi connectivity index (χ1v) is 9.23. The van der Waals surface area contributed by atoms with E-state index >= 15 is 0 Å². The average Bonchev–Trinajstić information content (AvgIpc) is 2.69. The van der Waals surface area contributed by atoms with Crippen molar-refractivity contribution in [1.29, 1.82) is 0 Å². The molecule has 3 heteroatoms. The Morgan fingerprint density at radius 3 is 1.42 bits per heavy atom. The van der Waals surface area contributed by atoms with Crippen LogP contribution in [0, 0.1) is 0 Å². The molecule has 0 aliphatic heterocycles. The van der Waals surface area contributed by atoms with Gasteiger partial charge in [0.25, 0.3) is 0 Å². The second kappa shape index (κ2) is 8.24. The summed E-state index contributed by atoms with van der Waals surface area (Å²) < 4.78 is 0. The number of hydrogen-bond donors (Lipinski definition) is 2. The SMILES string of the molecule is O=C(O)CCC(S)C(c1ccccc1)(c1ccccc1)c1ccccc1. The van der Waals surface area contributed by atoms with Crippen LogP contribution in [-0.4, -0.2) is 16.3 Å². The highest BCUT2D eigenvalue weighted by Crippen LogP contribution is 2.45. The molecule has 0 aliphatic carbocycles. The van der Waals surface area contributed by atoms with Crippen molar-refractivity contribution in [3.8, 4) is 0 Å². The highest BCUT2D eigenvalue weighted by molar-refractivity contribution is 7.81. The molecule has 3 aromatic rings. The van der Waals surface area contributed by atoms with Gasteiger partial charge in [0.15, 0.2) is 0 Å². The summed E-state index contributed by atoms with van der Waals surface area (Å²) in [5, 5.41) is 9.02. The van der Waals surface area contributed by atoms with Crippen molar-refractivity contribution in [2.75, 3.05) is 0 Å². The van der Waals surface area contributed by atoms with Crippen LogP contribution in [0.5, 0.6) is 0 Å². The van der Waals surface area contributed by atoms with Gasteiger partial charge in [0.2, 0.25) is 0 Å². The molecule has 0 saturated carbocycles. The molecule has 0 aromatic heterocycles. The molecule has 0 bridgehead atoms. The van der Waals surface area contributed by atoms with Gasteiger partial charge in [-0.05, 0) is 23.1 Å². The van der Waals surface area contributed by atoms with Gasteiger partial charge >= 0.3 is 5.97 Å². The van der Waals surface area contributed by atoms with Crippen LogP contribution in [-0.2, 0) is 10.2 Å². The van der Waals surface area contributed by atoms with E-state index in [1.54, 1.807) is 0 Å². The van der Waals surface area contributed by atoms with E-state index in [-0.39, 0.29) is 11.7 Å². The first-order valence-electron chi connectivity index (χ1n) is 8.72. The number of carboxylic acids is 1. The summed E-state index contributed by atoms with van der Waals surface area (Å²) in [5.41, 5.74) is 2.82. The molecule has 0 amide bonds. The van der Waals surface area contributed by atoms with E-state index in [1.165, 1.54) is 0 Å². The first-order chi connectivity index (χ1) is 12.7.